The first-order chi connectivity index (χ1) is 9.13. The lowest BCUT2D eigenvalue weighted by molar-refractivity contribution is 0.166. The molecule has 106 valence electrons. The van der Waals surface area contributed by atoms with Crippen LogP contribution in [0.15, 0.2) is 24.3 Å². The second-order valence-corrected chi connectivity index (χ2v) is 6.21. The number of likely N-dealkylation sites (tertiary alicyclic amines) is 1. The Morgan fingerprint density at radius 2 is 1.95 bits per heavy atom. The molecule has 1 saturated heterocycles. The van der Waals surface area contributed by atoms with E-state index in [2.05, 4.69) is 55.3 Å². The number of likely N-dealkylation sites (N-methyl/N-ethyl adjacent to an activating group) is 1. The zero-order valence-corrected chi connectivity index (χ0v) is 12.7. The zero-order chi connectivity index (χ0) is 13.7. The second-order valence-electron chi connectivity index (χ2n) is 6.21. The predicted octanol–water partition coefficient (Wildman–Crippen LogP) is 3.21. The quantitative estimate of drug-likeness (QED) is 0.790. The van der Waals surface area contributed by atoms with E-state index in [-0.39, 0.29) is 0 Å². The van der Waals surface area contributed by atoms with Crippen LogP contribution in [-0.2, 0) is 13.0 Å². The molecular weight excluding hydrogens is 232 g/mol. The SMILES string of the molecule is CCNCCc1ccccc1CN1CCCC1(C)C. The highest BCUT2D eigenvalue weighted by atomic mass is 15.2. The lowest BCUT2D eigenvalue weighted by atomic mass is 9.99. The Kier molecular flexibility index (Phi) is 5.00. The minimum atomic E-state index is 0.370. The van der Waals surface area contributed by atoms with E-state index >= 15 is 0 Å². The molecule has 1 aliphatic rings. The third-order valence-corrected chi connectivity index (χ3v) is 4.37. The lowest BCUT2D eigenvalue weighted by Crippen LogP contribution is -2.37. The number of hydrogen-bond acceptors (Lipinski definition) is 2. The summed E-state index contributed by atoms with van der Waals surface area (Å²) in [5, 5.41) is 3.42. The van der Waals surface area contributed by atoms with E-state index in [0.29, 0.717) is 5.54 Å². The van der Waals surface area contributed by atoms with Crippen molar-refractivity contribution < 1.29 is 0 Å². The van der Waals surface area contributed by atoms with Gasteiger partial charge < -0.3 is 5.32 Å². The average molecular weight is 260 g/mol. The van der Waals surface area contributed by atoms with Crippen LogP contribution >= 0.6 is 0 Å². The standard InChI is InChI=1S/C17H28N2/c1-4-18-12-10-15-8-5-6-9-16(15)14-19-13-7-11-17(19,2)3/h5-6,8-9,18H,4,7,10-14H2,1-3H3. The van der Waals surface area contributed by atoms with Crippen molar-refractivity contribution in [1.29, 1.82) is 0 Å². The predicted molar refractivity (Wildman–Crippen MR) is 82.4 cm³/mol. The molecule has 0 amide bonds. The Hall–Kier alpha value is -0.860. The molecule has 1 N–H and O–H groups in total. The molecule has 0 radical (unpaired) electrons. The van der Waals surface area contributed by atoms with Gasteiger partial charge in [0, 0.05) is 12.1 Å². The molecule has 19 heavy (non-hydrogen) atoms. The van der Waals surface area contributed by atoms with E-state index < -0.39 is 0 Å². The van der Waals surface area contributed by atoms with Crippen molar-refractivity contribution >= 4 is 0 Å². The highest BCUT2D eigenvalue weighted by Crippen LogP contribution is 2.30. The zero-order valence-electron chi connectivity index (χ0n) is 12.7. The van der Waals surface area contributed by atoms with Crippen LogP contribution in [0.4, 0.5) is 0 Å². The maximum absolute atomic E-state index is 3.42. The van der Waals surface area contributed by atoms with Gasteiger partial charge in [-0.1, -0.05) is 31.2 Å². The Labute approximate surface area is 118 Å². The first-order valence-corrected chi connectivity index (χ1v) is 7.66. The Balaban J connectivity index is 2.03. The van der Waals surface area contributed by atoms with Gasteiger partial charge in [-0.25, -0.2) is 0 Å². The van der Waals surface area contributed by atoms with E-state index in [1.807, 2.05) is 0 Å². The van der Waals surface area contributed by atoms with Crippen molar-refractivity contribution in [2.24, 2.45) is 0 Å². The Morgan fingerprint density at radius 1 is 1.21 bits per heavy atom. The lowest BCUT2D eigenvalue weighted by Gasteiger charge is -2.32. The van der Waals surface area contributed by atoms with E-state index in [1.54, 1.807) is 0 Å². The summed E-state index contributed by atoms with van der Waals surface area (Å²) in [6.07, 6.45) is 3.80. The van der Waals surface area contributed by atoms with E-state index in [9.17, 15) is 0 Å². The van der Waals surface area contributed by atoms with Crippen LogP contribution in [0.5, 0.6) is 0 Å². The first-order valence-electron chi connectivity index (χ1n) is 7.66. The second kappa shape index (κ2) is 6.53. The molecule has 1 aromatic rings. The highest BCUT2D eigenvalue weighted by Gasteiger charge is 2.31. The monoisotopic (exact) mass is 260 g/mol. The van der Waals surface area contributed by atoms with Crippen LogP contribution in [0.1, 0.15) is 44.7 Å². The molecule has 0 spiro atoms. The molecular formula is C17H28N2. The number of benzene rings is 1. The van der Waals surface area contributed by atoms with Crippen LogP contribution in [-0.4, -0.2) is 30.1 Å². The number of rotatable bonds is 6. The topological polar surface area (TPSA) is 15.3 Å². The molecule has 2 rings (SSSR count). The van der Waals surface area contributed by atoms with Crippen LogP contribution < -0.4 is 5.32 Å². The van der Waals surface area contributed by atoms with Crippen LogP contribution in [0.2, 0.25) is 0 Å². The molecule has 2 heteroatoms. The smallest absolute Gasteiger partial charge is 0.0241 e. The molecule has 1 heterocycles. The molecule has 0 aliphatic carbocycles. The molecule has 0 atom stereocenters. The number of nitrogens with one attached hydrogen (secondary N) is 1. The normalized spacial score (nSPS) is 18.9. The van der Waals surface area contributed by atoms with Gasteiger partial charge in [-0.05, 0) is 63.9 Å². The summed E-state index contributed by atoms with van der Waals surface area (Å²) in [5.74, 6) is 0. The minimum absolute atomic E-state index is 0.370. The minimum Gasteiger partial charge on any atom is -0.317 e. The molecule has 1 aromatic carbocycles. The largest absolute Gasteiger partial charge is 0.317 e. The molecule has 1 aliphatic heterocycles. The van der Waals surface area contributed by atoms with Crippen molar-refractivity contribution in [3.05, 3.63) is 35.4 Å². The van der Waals surface area contributed by atoms with Gasteiger partial charge >= 0.3 is 0 Å². The fourth-order valence-corrected chi connectivity index (χ4v) is 3.02. The average Bonchev–Trinajstić information content (AvgIpc) is 2.71. The van der Waals surface area contributed by atoms with Crippen molar-refractivity contribution in [1.82, 2.24) is 10.2 Å². The summed E-state index contributed by atoms with van der Waals surface area (Å²) >= 11 is 0. The van der Waals surface area contributed by atoms with Gasteiger partial charge in [0.15, 0.2) is 0 Å². The summed E-state index contributed by atoms with van der Waals surface area (Å²) in [5.41, 5.74) is 3.39. The Morgan fingerprint density at radius 3 is 2.58 bits per heavy atom. The maximum atomic E-state index is 3.42. The fourth-order valence-electron chi connectivity index (χ4n) is 3.02. The van der Waals surface area contributed by atoms with Gasteiger partial charge in [0.2, 0.25) is 0 Å². The van der Waals surface area contributed by atoms with Gasteiger partial charge in [-0.3, -0.25) is 4.90 Å². The number of hydrogen-bond donors (Lipinski definition) is 1. The van der Waals surface area contributed by atoms with Crippen molar-refractivity contribution in [2.45, 2.75) is 52.1 Å². The van der Waals surface area contributed by atoms with E-state index in [0.717, 1.165) is 26.1 Å². The molecule has 1 fully saturated rings. The van der Waals surface area contributed by atoms with Gasteiger partial charge in [0.1, 0.15) is 0 Å². The maximum Gasteiger partial charge on any atom is 0.0241 e. The number of nitrogens with zero attached hydrogens (tertiary/aromatic N) is 1. The van der Waals surface area contributed by atoms with E-state index in [4.69, 9.17) is 0 Å². The summed E-state index contributed by atoms with van der Waals surface area (Å²) in [4.78, 5) is 2.64. The fraction of sp³-hybridized carbons (Fsp3) is 0.647. The highest BCUT2D eigenvalue weighted by molar-refractivity contribution is 5.27. The summed E-state index contributed by atoms with van der Waals surface area (Å²) in [6.45, 7) is 11.4. The van der Waals surface area contributed by atoms with Crippen molar-refractivity contribution in [3.63, 3.8) is 0 Å². The molecule has 0 saturated carbocycles. The van der Waals surface area contributed by atoms with Crippen LogP contribution in [0.25, 0.3) is 0 Å². The Bertz CT molecular complexity index is 398. The van der Waals surface area contributed by atoms with Gasteiger partial charge in [-0.2, -0.15) is 0 Å². The first kappa shape index (κ1) is 14.5. The van der Waals surface area contributed by atoms with E-state index in [1.165, 1.54) is 30.5 Å². The third-order valence-electron chi connectivity index (χ3n) is 4.37. The molecule has 2 nitrogen and oxygen atoms in total. The molecule has 0 unspecified atom stereocenters. The van der Waals surface area contributed by atoms with Crippen molar-refractivity contribution in [2.75, 3.05) is 19.6 Å². The van der Waals surface area contributed by atoms with Gasteiger partial charge in [0.25, 0.3) is 0 Å². The van der Waals surface area contributed by atoms with Gasteiger partial charge in [0.05, 0.1) is 0 Å². The molecule has 0 aromatic heterocycles. The summed E-state index contributed by atoms with van der Waals surface area (Å²) < 4.78 is 0. The summed E-state index contributed by atoms with van der Waals surface area (Å²) in [6, 6.07) is 8.93. The van der Waals surface area contributed by atoms with Crippen LogP contribution in [0.3, 0.4) is 0 Å². The molecule has 0 bridgehead atoms. The third kappa shape index (κ3) is 3.80. The van der Waals surface area contributed by atoms with Crippen molar-refractivity contribution in [3.8, 4) is 0 Å². The van der Waals surface area contributed by atoms with Crippen LogP contribution in [0, 0.1) is 0 Å². The summed E-state index contributed by atoms with van der Waals surface area (Å²) in [7, 11) is 0. The van der Waals surface area contributed by atoms with Gasteiger partial charge in [-0.15, -0.1) is 0 Å².